The van der Waals surface area contributed by atoms with Crippen LogP contribution in [-0.2, 0) is 6.61 Å². The van der Waals surface area contributed by atoms with Gasteiger partial charge >= 0.3 is 0 Å². The lowest BCUT2D eigenvalue weighted by atomic mass is 10.0. The Morgan fingerprint density at radius 2 is 1.59 bits per heavy atom. The summed E-state index contributed by atoms with van der Waals surface area (Å²) in [5.41, 5.74) is 8.74. The first-order valence-corrected chi connectivity index (χ1v) is 6.46. The van der Waals surface area contributed by atoms with E-state index in [4.69, 9.17) is 5.73 Å². The van der Waals surface area contributed by atoms with E-state index in [1.807, 2.05) is 36.4 Å². The third-order valence-corrected chi connectivity index (χ3v) is 3.44. The number of aliphatic hydroxyl groups is 1. The van der Waals surface area contributed by atoms with E-state index in [1.165, 1.54) is 0 Å². The largest absolute Gasteiger partial charge is 0.392 e. The highest BCUT2D eigenvalue weighted by atomic mass is 32.2. The van der Waals surface area contributed by atoms with Gasteiger partial charge in [0.25, 0.3) is 0 Å². The first-order valence-electron chi connectivity index (χ1n) is 5.48. The number of aliphatic hydroxyl groups excluding tert-OH is 1. The van der Waals surface area contributed by atoms with E-state index in [2.05, 4.69) is 12.1 Å². The Kier molecular flexibility index (Phi) is 4.20. The van der Waals surface area contributed by atoms with Crippen LogP contribution in [0.25, 0.3) is 11.1 Å². The molecule has 3 heteroatoms. The molecule has 0 fully saturated rings. The molecule has 0 amide bonds. The highest BCUT2D eigenvalue weighted by Crippen LogP contribution is 2.32. The van der Waals surface area contributed by atoms with E-state index in [-0.39, 0.29) is 6.61 Å². The molecule has 2 aromatic carbocycles. The summed E-state index contributed by atoms with van der Waals surface area (Å²) in [5, 5.41) is 9.37. The van der Waals surface area contributed by atoms with Crippen molar-refractivity contribution in [2.75, 3.05) is 5.88 Å². The van der Waals surface area contributed by atoms with Crippen molar-refractivity contribution >= 4 is 11.8 Å². The highest BCUT2D eigenvalue weighted by molar-refractivity contribution is 7.99. The van der Waals surface area contributed by atoms with Gasteiger partial charge in [0, 0.05) is 10.8 Å². The van der Waals surface area contributed by atoms with Crippen molar-refractivity contribution in [2.24, 2.45) is 5.73 Å². The molecule has 0 aliphatic carbocycles. The maximum Gasteiger partial charge on any atom is 0.0687 e. The lowest BCUT2D eigenvalue weighted by Crippen LogP contribution is -1.94. The molecular formula is C14H15NOS. The quantitative estimate of drug-likeness (QED) is 0.643. The van der Waals surface area contributed by atoms with Gasteiger partial charge in [0.1, 0.15) is 0 Å². The summed E-state index contributed by atoms with van der Waals surface area (Å²) in [6, 6.07) is 16.0. The number of thioether (sulfide) groups is 1. The first kappa shape index (κ1) is 12.2. The van der Waals surface area contributed by atoms with E-state index >= 15 is 0 Å². The molecule has 0 aromatic heterocycles. The lowest BCUT2D eigenvalue weighted by molar-refractivity contribution is 0.282. The van der Waals surface area contributed by atoms with E-state index in [0.29, 0.717) is 5.88 Å². The van der Waals surface area contributed by atoms with Crippen molar-refractivity contribution in [1.29, 1.82) is 0 Å². The Bertz CT molecular complexity index is 499. The van der Waals surface area contributed by atoms with Gasteiger partial charge in [-0.05, 0) is 22.8 Å². The molecule has 88 valence electrons. The van der Waals surface area contributed by atoms with Gasteiger partial charge in [-0.15, -0.1) is 11.8 Å². The van der Waals surface area contributed by atoms with Crippen molar-refractivity contribution < 1.29 is 5.11 Å². The van der Waals surface area contributed by atoms with Crippen LogP contribution in [0, 0.1) is 0 Å². The minimum absolute atomic E-state index is 0.0534. The Hall–Kier alpha value is -1.29. The number of rotatable bonds is 4. The van der Waals surface area contributed by atoms with Gasteiger partial charge < -0.3 is 10.8 Å². The maximum atomic E-state index is 9.37. The average molecular weight is 245 g/mol. The number of nitrogens with two attached hydrogens (primary N) is 1. The van der Waals surface area contributed by atoms with Crippen molar-refractivity contribution in [3.8, 4) is 11.1 Å². The molecule has 2 aromatic rings. The summed E-state index contributed by atoms with van der Waals surface area (Å²) in [6.07, 6.45) is 0. The number of hydrogen-bond donors (Lipinski definition) is 2. The Labute approximate surface area is 105 Å². The van der Waals surface area contributed by atoms with Gasteiger partial charge in [0.2, 0.25) is 0 Å². The third-order valence-electron chi connectivity index (χ3n) is 2.60. The van der Waals surface area contributed by atoms with Gasteiger partial charge in [-0.3, -0.25) is 0 Å². The second-order valence-electron chi connectivity index (χ2n) is 3.62. The number of hydrogen-bond acceptors (Lipinski definition) is 3. The van der Waals surface area contributed by atoms with Crippen LogP contribution in [0.15, 0.2) is 53.4 Å². The maximum absolute atomic E-state index is 9.37. The molecule has 0 spiro atoms. The predicted octanol–water partition coefficient (Wildman–Crippen LogP) is 2.85. The van der Waals surface area contributed by atoms with Gasteiger partial charge in [0.05, 0.1) is 6.61 Å². The van der Waals surface area contributed by atoms with Gasteiger partial charge in [-0.2, -0.15) is 0 Å². The fraction of sp³-hybridized carbons (Fsp3) is 0.143. The Balaban J connectivity index is 2.52. The fourth-order valence-corrected chi connectivity index (χ4v) is 2.51. The van der Waals surface area contributed by atoms with Crippen LogP contribution in [0.2, 0.25) is 0 Å². The molecule has 0 heterocycles. The molecule has 3 N–H and O–H groups in total. The summed E-state index contributed by atoms with van der Waals surface area (Å²) >= 11 is 1.61. The first-order chi connectivity index (χ1) is 8.36. The van der Waals surface area contributed by atoms with Crippen molar-refractivity contribution in [3.63, 3.8) is 0 Å². The number of benzene rings is 2. The van der Waals surface area contributed by atoms with E-state index in [0.717, 1.165) is 21.6 Å². The van der Waals surface area contributed by atoms with Gasteiger partial charge in [-0.25, -0.2) is 0 Å². The van der Waals surface area contributed by atoms with E-state index in [9.17, 15) is 5.11 Å². The normalized spacial score (nSPS) is 10.5. The molecule has 2 nitrogen and oxygen atoms in total. The predicted molar refractivity (Wildman–Crippen MR) is 72.7 cm³/mol. The molecule has 0 unspecified atom stereocenters. The molecule has 17 heavy (non-hydrogen) atoms. The average Bonchev–Trinajstić information content (AvgIpc) is 2.40. The smallest absolute Gasteiger partial charge is 0.0687 e. The molecule has 0 bridgehead atoms. The third kappa shape index (κ3) is 2.69. The highest BCUT2D eigenvalue weighted by Gasteiger charge is 2.07. The summed E-state index contributed by atoms with van der Waals surface area (Å²) in [6.45, 7) is 0.0534. The van der Waals surface area contributed by atoms with Crippen LogP contribution < -0.4 is 5.73 Å². The van der Waals surface area contributed by atoms with Crippen LogP contribution in [0.4, 0.5) is 0 Å². The second kappa shape index (κ2) is 5.87. The Morgan fingerprint density at radius 3 is 2.29 bits per heavy atom. The summed E-state index contributed by atoms with van der Waals surface area (Å²) in [5.74, 6) is 0.554. The molecule has 0 aliphatic rings. The van der Waals surface area contributed by atoms with E-state index in [1.54, 1.807) is 11.8 Å². The minimum atomic E-state index is 0.0534. The van der Waals surface area contributed by atoms with Crippen molar-refractivity contribution in [2.45, 2.75) is 11.5 Å². The topological polar surface area (TPSA) is 46.2 Å². The molecule has 0 radical (unpaired) electrons. The minimum Gasteiger partial charge on any atom is -0.392 e. The van der Waals surface area contributed by atoms with Gasteiger partial charge in [0.15, 0.2) is 0 Å². The molecule has 0 saturated carbocycles. The molecule has 0 atom stereocenters. The van der Waals surface area contributed by atoms with Crippen molar-refractivity contribution in [1.82, 2.24) is 0 Å². The monoisotopic (exact) mass is 245 g/mol. The van der Waals surface area contributed by atoms with Crippen LogP contribution in [0.5, 0.6) is 0 Å². The molecule has 0 saturated heterocycles. The van der Waals surface area contributed by atoms with Gasteiger partial charge in [-0.1, -0.05) is 42.5 Å². The van der Waals surface area contributed by atoms with Crippen molar-refractivity contribution in [3.05, 3.63) is 54.1 Å². The summed E-state index contributed by atoms with van der Waals surface area (Å²) < 4.78 is 0. The van der Waals surface area contributed by atoms with Crippen LogP contribution in [0.3, 0.4) is 0 Å². The van der Waals surface area contributed by atoms with E-state index < -0.39 is 0 Å². The molecule has 0 aliphatic heterocycles. The second-order valence-corrected chi connectivity index (χ2v) is 4.68. The molecular weight excluding hydrogens is 230 g/mol. The standard InChI is InChI=1S/C14H15NOS/c15-10-17-14-8-4-3-7-13(14)12-6-2-1-5-11(12)9-16/h1-8,16H,9-10,15H2. The Morgan fingerprint density at radius 1 is 0.941 bits per heavy atom. The summed E-state index contributed by atoms with van der Waals surface area (Å²) in [4.78, 5) is 1.15. The fourth-order valence-electron chi connectivity index (χ4n) is 1.83. The van der Waals surface area contributed by atoms with Crippen LogP contribution in [0.1, 0.15) is 5.56 Å². The molecule has 2 rings (SSSR count). The SMILES string of the molecule is NCSc1ccccc1-c1ccccc1CO. The zero-order valence-corrected chi connectivity index (χ0v) is 10.3. The lowest BCUT2D eigenvalue weighted by Gasteiger charge is -2.11. The van der Waals surface area contributed by atoms with Crippen LogP contribution in [-0.4, -0.2) is 11.0 Å². The summed E-state index contributed by atoms with van der Waals surface area (Å²) in [7, 11) is 0. The zero-order chi connectivity index (χ0) is 12.1. The van der Waals surface area contributed by atoms with Crippen LogP contribution >= 0.6 is 11.8 Å². The zero-order valence-electron chi connectivity index (χ0n) is 9.47.